The van der Waals surface area contributed by atoms with Crippen molar-refractivity contribution in [3.8, 4) is 0 Å². The number of rotatable bonds is 3. The van der Waals surface area contributed by atoms with Gasteiger partial charge < -0.3 is 5.11 Å². The summed E-state index contributed by atoms with van der Waals surface area (Å²) in [5, 5.41) is 9.11. The zero-order chi connectivity index (χ0) is 14.7. The van der Waals surface area contributed by atoms with Gasteiger partial charge in [0.15, 0.2) is 0 Å². The number of aliphatic carboxylic acids is 1. The van der Waals surface area contributed by atoms with Crippen LogP contribution in [0.4, 0.5) is 0 Å². The number of carboxylic acids is 1. The van der Waals surface area contributed by atoms with Crippen LogP contribution in [0.2, 0.25) is 0 Å². The summed E-state index contributed by atoms with van der Waals surface area (Å²) >= 11 is 0. The number of carboxylic acid groups (broad SMARTS) is 1. The van der Waals surface area contributed by atoms with Crippen LogP contribution < -0.4 is 0 Å². The molecule has 3 fully saturated rings. The molecule has 0 amide bonds. The minimum atomic E-state index is -0.561. The first-order chi connectivity index (χ1) is 10.2. The fourth-order valence-corrected chi connectivity index (χ4v) is 5.53. The molecule has 0 bridgehead atoms. The minimum Gasteiger partial charge on any atom is -0.481 e. The van der Waals surface area contributed by atoms with E-state index >= 15 is 0 Å². The standard InChI is InChI=1S/C19H32O2/c20-19(21)18-12-10-17(11-13-18)16-8-6-15(7-9-16)14-4-2-1-3-5-14/h14-18H,1-13H2,(H,20,21)/t15?,16?,17-,18-. The minimum absolute atomic E-state index is 0.0418. The monoisotopic (exact) mass is 292 g/mol. The van der Waals surface area contributed by atoms with E-state index in [2.05, 4.69) is 0 Å². The molecular weight excluding hydrogens is 260 g/mol. The van der Waals surface area contributed by atoms with Gasteiger partial charge in [-0.1, -0.05) is 32.1 Å². The molecule has 0 aliphatic heterocycles. The van der Waals surface area contributed by atoms with Crippen LogP contribution >= 0.6 is 0 Å². The van der Waals surface area contributed by atoms with Gasteiger partial charge >= 0.3 is 5.97 Å². The van der Waals surface area contributed by atoms with Crippen molar-refractivity contribution in [2.75, 3.05) is 0 Å². The zero-order valence-electron chi connectivity index (χ0n) is 13.4. The molecule has 21 heavy (non-hydrogen) atoms. The van der Waals surface area contributed by atoms with Crippen molar-refractivity contribution < 1.29 is 9.90 Å². The highest BCUT2D eigenvalue weighted by Gasteiger charge is 2.34. The summed E-state index contributed by atoms with van der Waals surface area (Å²) in [7, 11) is 0. The predicted octanol–water partition coefficient (Wildman–Crippen LogP) is 5.26. The lowest BCUT2D eigenvalue weighted by molar-refractivity contribution is -0.143. The molecule has 0 atom stereocenters. The van der Waals surface area contributed by atoms with Crippen LogP contribution in [-0.2, 0) is 4.79 Å². The Labute approximate surface area is 129 Å². The first-order valence-corrected chi connectivity index (χ1v) is 9.47. The van der Waals surface area contributed by atoms with E-state index in [0.29, 0.717) is 0 Å². The van der Waals surface area contributed by atoms with Crippen molar-refractivity contribution in [3.63, 3.8) is 0 Å². The van der Waals surface area contributed by atoms with Crippen molar-refractivity contribution >= 4 is 5.97 Å². The van der Waals surface area contributed by atoms with Crippen LogP contribution in [0.15, 0.2) is 0 Å². The highest BCUT2D eigenvalue weighted by atomic mass is 16.4. The third-order valence-electron chi connectivity index (χ3n) is 6.92. The van der Waals surface area contributed by atoms with Crippen LogP contribution in [0.1, 0.15) is 83.5 Å². The van der Waals surface area contributed by atoms with E-state index in [1.54, 1.807) is 0 Å². The molecule has 0 heterocycles. The quantitative estimate of drug-likeness (QED) is 0.770. The van der Waals surface area contributed by atoms with Gasteiger partial charge in [0.05, 0.1) is 5.92 Å². The Morgan fingerprint density at radius 2 is 0.952 bits per heavy atom. The number of hydrogen-bond donors (Lipinski definition) is 1. The molecule has 1 N–H and O–H groups in total. The Hall–Kier alpha value is -0.530. The molecule has 0 aromatic heterocycles. The third kappa shape index (κ3) is 3.81. The van der Waals surface area contributed by atoms with Gasteiger partial charge in [0, 0.05) is 0 Å². The van der Waals surface area contributed by atoms with Gasteiger partial charge in [-0.2, -0.15) is 0 Å². The fourth-order valence-electron chi connectivity index (χ4n) is 5.53. The molecule has 0 unspecified atom stereocenters. The molecule has 2 heteroatoms. The molecule has 120 valence electrons. The molecule has 3 rings (SSSR count). The predicted molar refractivity (Wildman–Crippen MR) is 85.1 cm³/mol. The molecule has 3 saturated carbocycles. The highest BCUT2D eigenvalue weighted by Crippen LogP contribution is 2.45. The molecule has 0 aromatic rings. The zero-order valence-corrected chi connectivity index (χ0v) is 13.4. The van der Waals surface area contributed by atoms with Crippen LogP contribution in [0.25, 0.3) is 0 Å². The summed E-state index contributed by atoms with van der Waals surface area (Å²) in [6.45, 7) is 0. The van der Waals surface area contributed by atoms with Gasteiger partial charge in [-0.3, -0.25) is 4.79 Å². The number of carbonyl (C=O) groups is 1. The van der Waals surface area contributed by atoms with Crippen LogP contribution in [0.5, 0.6) is 0 Å². The van der Waals surface area contributed by atoms with Crippen LogP contribution in [0, 0.1) is 29.6 Å². The smallest absolute Gasteiger partial charge is 0.306 e. The van der Waals surface area contributed by atoms with Gasteiger partial charge in [0.25, 0.3) is 0 Å². The maximum absolute atomic E-state index is 11.1. The summed E-state index contributed by atoms with van der Waals surface area (Å²) < 4.78 is 0. The average molecular weight is 292 g/mol. The lowest BCUT2D eigenvalue weighted by Gasteiger charge is -2.40. The van der Waals surface area contributed by atoms with E-state index in [-0.39, 0.29) is 5.92 Å². The van der Waals surface area contributed by atoms with Gasteiger partial charge in [-0.15, -0.1) is 0 Å². The molecule has 0 saturated heterocycles. The Balaban J connectivity index is 1.42. The van der Waals surface area contributed by atoms with E-state index in [9.17, 15) is 4.79 Å². The summed E-state index contributed by atoms with van der Waals surface area (Å²) in [5.41, 5.74) is 0. The molecule has 2 nitrogen and oxygen atoms in total. The fraction of sp³-hybridized carbons (Fsp3) is 0.947. The second-order valence-corrected chi connectivity index (χ2v) is 8.02. The van der Waals surface area contributed by atoms with Gasteiger partial charge in [-0.05, 0) is 75.0 Å². The molecule has 0 aromatic carbocycles. The SMILES string of the molecule is O=C(O)[C@H]1CC[C@H](C2CCC(C3CCCCC3)CC2)CC1. The van der Waals surface area contributed by atoms with Crippen LogP contribution in [0.3, 0.4) is 0 Å². The molecule has 0 radical (unpaired) electrons. The van der Waals surface area contributed by atoms with Crippen molar-refractivity contribution in [1.29, 1.82) is 0 Å². The van der Waals surface area contributed by atoms with Crippen molar-refractivity contribution in [1.82, 2.24) is 0 Å². The van der Waals surface area contributed by atoms with Crippen LogP contribution in [-0.4, -0.2) is 11.1 Å². The van der Waals surface area contributed by atoms with E-state index in [0.717, 1.165) is 36.5 Å². The summed E-state index contributed by atoms with van der Waals surface area (Å²) in [6.07, 6.45) is 17.4. The Kier molecular flexibility index (Phi) is 5.24. The Morgan fingerprint density at radius 1 is 0.571 bits per heavy atom. The first kappa shape index (κ1) is 15.4. The lowest BCUT2D eigenvalue weighted by Crippen LogP contribution is -2.30. The van der Waals surface area contributed by atoms with Crippen molar-refractivity contribution in [2.24, 2.45) is 29.6 Å². The van der Waals surface area contributed by atoms with Gasteiger partial charge in [0.1, 0.15) is 0 Å². The summed E-state index contributed by atoms with van der Waals surface area (Å²) in [4.78, 5) is 11.1. The van der Waals surface area contributed by atoms with Crippen molar-refractivity contribution in [3.05, 3.63) is 0 Å². The molecule has 0 spiro atoms. The topological polar surface area (TPSA) is 37.3 Å². The van der Waals surface area contributed by atoms with E-state index in [1.807, 2.05) is 0 Å². The lowest BCUT2D eigenvalue weighted by atomic mass is 9.66. The van der Waals surface area contributed by atoms with E-state index in [1.165, 1.54) is 70.6 Å². The maximum Gasteiger partial charge on any atom is 0.306 e. The van der Waals surface area contributed by atoms with E-state index < -0.39 is 5.97 Å². The average Bonchev–Trinajstić information content (AvgIpc) is 2.56. The summed E-state index contributed by atoms with van der Waals surface area (Å²) in [5.74, 6) is 3.22. The molecule has 3 aliphatic carbocycles. The normalized spacial score (nSPS) is 39.0. The van der Waals surface area contributed by atoms with Gasteiger partial charge in [0.2, 0.25) is 0 Å². The first-order valence-electron chi connectivity index (χ1n) is 9.47. The molecule has 3 aliphatic rings. The second kappa shape index (κ2) is 7.15. The van der Waals surface area contributed by atoms with Gasteiger partial charge in [-0.25, -0.2) is 0 Å². The third-order valence-corrected chi connectivity index (χ3v) is 6.92. The summed E-state index contributed by atoms with van der Waals surface area (Å²) in [6, 6.07) is 0. The van der Waals surface area contributed by atoms with Crippen molar-refractivity contribution in [2.45, 2.75) is 83.5 Å². The Morgan fingerprint density at radius 3 is 1.38 bits per heavy atom. The van der Waals surface area contributed by atoms with E-state index in [4.69, 9.17) is 5.11 Å². The number of hydrogen-bond acceptors (Lipinski definition) is 1. The largest absolute Gasteiger partial charge is 0.481 e. The Bertz CT molecular complexity index is 329. The molecular formula is C19H32O2. The maximum atomic E-state index is 11.1. The second-order valence-electron chi connectivity index (χ2n) is 8.02. The highest BCUT2D eigenvalue weighted by molar-refractivity contribution is 5.69.